The SMILES string of the molecule is COc1ccc(OC)c(NC(=O)C(=O)NCC2(CO)CC2)c1. The molecule has 0 heterocycles. The van der Waals surface area contributed by atoms with Gasteiger partial charge in [0, 0.05) is 18.0 Å². The molecule has 0 saturated heterocycles. The highest BCUT2D eigenvalue weighted by Crippen LogP contribution is 2.44. The molecule has 1 saturated carbocycles. The van der Waals surface area contributed by atoms with Gasteiger partial charge in [0.2, 0.25) is 0 Å². The molecule has 0 unspecified atom stereocenters. The van der Waals surface area contributed by atoms with Crippen LogP contribution in [-0.4, -0.2) is 44.3 Å². The van der Waals surface area contributed by atoms with Crippen molar-refractivity contribution in [3.63, 3.8) is 0 Å². The topological polar surface area (TPSA) is 96.9 Å². The fourth-order valence-electron chi connectivity index (χ4n) is 2.01. The highest BCUT2D eigenvalue weighted by Gasteiger charge is 2.42. The molecule has 0 aromatic heterocycles. The van der Waals surface area contributed by atoms with E-state index >= 15 is 0 Å². The normalized spacial score (nSPS) is 14.9. The lowest BCUT2D eigenvalue weighted by Crippen LogP contribution is -2.39. The summed E-state index contributed by atoms with van der Waals surface area (Å²) in [4.78, 5) is 23.7. The van der Waals surface area contributed by atoms with Crippen LogP contribution in [0.5, 0.6) is 11.5 Å². The molecular formula is C15H20N2O5. The summed E-state index contributed by atoms with van der Waals surface area (Å²) in [5, 5.41) is 14.2. The monoisotopic (exact) mass is 308 g/mol. The second-order valence-corrected chi connectivity index (χ2v) is 5.36. The van der Waals surface area contributed by atoms with Gasteiger partial charge in [-0.3, -0.25) is 9.59 Å². The van der Waals surface area contributed by atoms with Crippen LogP contribution in [0, 0.1) is 5.41 Å². The third kappa shape index (κ3) is 3.67. The average Bonchev–Trinajstić information content (AvgIpc) is 3.33. The van der Waals surface area contributed by atoms with Crippen LogP contribution in [0.15, 0.2) is 18.2 Å². The van der Waals surface area contributed by atoms with Gasteiger partial charge in [-0.2, -0.15) is 0 Å². The number of ether oxygens (including phenoxy) is 2. The molecule has 2 amide bonds. The summed E-state index contributed by atoms with van der Waals surface area (Å²) in [6.07, 6.45) is 1.71. The van der Waals surface area contributed by atoms with Gasteiger partial charge in [-0.15, -0.1) is 0 Å². The van der Waals surface area contributed by atoms with E-state index in [2.05, 4.69) is 10.6 Å². The van der Waals surface area contributed by atoms with Gasteiger partial charge in [-0.1, -0.05) is 0 Å². The molecule has 3 N–H and O–H groups in total. The van der Waals surface area contributed by atoms with Crippen LogP contribution in [0.3, 0.4) is 0 Å². The number of benzene rings is 1. The van der Waals surface area contributed by atoms with Crippen LogP contribution in [-0.2, 0) is 9.59 Å². The Morgan fingerprint density at radius 2 is 1.95 bits per heavy atom. The first-order valence-corrected chi connectivity index (χ1v) is 6.96. The number of rotatable bonds is 6. The molecule has 1 fully saturated rings. The van der Waals surface area contributed by atoms with E-state index in [1.54, 1.807) is 18.2 Å². The molecule has 120 valence electrons. The Morgan fingerprint density at radius 1 is 1.23 bits per heavy atom. The minimum atomic E-state index is -0.791. The van der Waals surface area contributed by atoms with E-state index in [0.29, 0.717) is 23.7 Å². The molecule has 7 heteroatoms. The Morgan fingerprint density at radius 3 is 2.50 bits per heavy atom. The largest absolute Gasteiger partial charge is 0.497 e. The molecule has 0 atom stereocenters. The van der Waals surface area contributed by atoms with Crippen molar-refractivity contribution < 1.29 is 24.2 Å². The highest BCUT2D eigenvalue weighted by atomic mass is 16.5. The van der Waals surface area contributed by atoms with Gasteiger partial charge in [-0.05, 0) is 25.0 Å². The fourth-order valence-corrected chi connectivity index (χ4v) is 2.01. The average molecular weight is 308 g/mol. The van der Waals surface area contributed by atoms with E-state index < -0.39 is 11.8 Å². The van der Waals surface area contributed by atoms with Gasteiger partial charge >= 0.3 is 11.8 Å². The third-order valence-corrected chi connectivity index (χ3v) is 3.78. The van der Waals surface area contributed by atoms with Crippen molar-refractivity contribution in [1.29, 1.82) is 0 Å². The molecule has 0 radical (unpaired) electrons. The Kier molecular flexibility index (Phi) is 4.87. The zero-order valence-corrected chi connectivity index (χ0v) is 12.6. The molecule has 1 aromatic carbocycles. The summed E-state index contributed by atoms with van der Waals surface area (Å²) >= 11 is 0. The predicted molar refractivity (Wildman–Crippen MR) is 79.9 cm³/mol. The molecule has 22 heavy (non-hydrogen) atoms. The van der Waals surface area contributed by atoms with Crippen LogP contribution in [0.4, 0.5) is 5.69 Å². The molecule has 1 aliphatic rings. The van der Waals surface area contributed by atoms with Crippen molar-refractivity contribution in [2.75, 3.05) is 32.7 Å². The Bertz CT molecular complexity index is 569. The lowest BCUT2D eigenvalue weighted by atomic mass is 10.1. The molecule has 0 bridgehead atoms. The van der Waals surface area contributed by atoms with Crippen molar-refractivity contribution in [2.45, 2.75) is 12.8 Å². The molecular weight excluding hydrogens is 288 g/mol. The molecule has 7 nitrogen and oxygen atoms in total. The number of amides is 2. The van der Waals surface area contributed by atoms with Crippen LogP contribution in [0.25, 0.3) is 0 Å². The number of aliphatic hydroxyl groups is 1. The molecule has 0 spiro atoms. The molecule has 1 aromatic rings. The van der Waals surface area contributed by atoms with E-state index in [4.69, 9.17) is 9.47 Å². The van der Waals surface area contributed by atoms with Gasteiger partial charge in [0.25, 0.3) is 0 Å². The third-order valence-electron chi connectivity index (χ3n) is 3.78. The van der Waals surface area contributed by atoms with E-state index in [1.807, 2.05) is 0 Å². The Hall–Kier alpha value is -2.28. The second kappa shape index (κ2) is 6.65. The summed E-state index contributed by atoms with van der Waals surface area (Å²) in [6.45, 7) is 0.309. The van der Waals surface area contributed by atoms with Gasteiger partial charge in [-0.25, -0.2) is 0 Å². The first kappa shape index (κ1) is 16.1. The fraction of sp³-hybridized carbons (Fsp3) is 0.467. The van der Waals surface area contributed by atoms with E-state index in [9.17, 15) is 14.7 Å². The van der Waals surface area contributed by atoms with E-state index in [1.165, 1.54) is 14.2 Å². The summed E-state index contributed by atoms with van der Waals surface area (Å²) in [5.74, 6) is -0.574. The van der Waals surface area contributed by atoms with Gasteiger partial charge in [0.15, 0.2) is 0 Å². The number of carbonyl (C=O) groups excluding carboxylic acids is 2. The van der Waals surface area contributed by atoms with Gasteiger partial charge < -0.3 is 25.2 Å². The summed E-state index contributed by atoms with van der Waals surface area (Å²) in [7, 11) is 2.97. The Balaban J connectivity index is 1.97. The standard InChI is InChI=1S/C15H20N2O5/c1-21-10-3-4-12(22-2)11(7-10)17-14(20)13(19)16-8-15(9-18)5-6-15/h3-4,7,18H,5-6,8-9H2,1-2H3,(H,16,19)(H,17,20). The van der Waals surface area contributed by atoms with Crippen molar-refractivity contribution >= 4 is 17.5 Å². The molecule has 0 aliphatic heterocycles. The number of carbonyl (C=O) groups is 2. The summed E-state index contributed by atoms with van der Waals surface area (Å²) in [6, 6.07) is 4.89. The number of hydrogen-bond acceptors (Lipinski definition) is 5. The summed E-state index contributed by atoms with van der Waals surface area (Å²) in [5.41, 5.74) is 0.106. The number of anilines is 1. The maximum atomic E-state index is 11.9. The molecule has 1 aliphatic carbocycles. The van der Waals surface area contributed by atoms with E-state index in [-0.39, 0.29) is 12.0 Å². The van der Waals surface area contributed by atoms with Crippen LogP contribution >= 0.6 is 0 Å². The van der Waals surface area contributed by atoms with Gasteiger partial charge in [0.1, 0.15) is 11.5 Å². The number of nitrogens with one attached hydrogen (secondary N) is 2. The summed E-state index contributed by atoms with van der Waals surface area (Å²) < 4.78 is 10.2. The van der Waals surface area contributed by atoms with Crippen LogP contribution in [0.2, 0.25) is 0 Å². The number of aliphatic hydroxyl groups excluding tert-OH is 1. The van der Waals surface area contributed by atoms with Crippen molar-refractivity contribution in [3.8, 4) is 11.5 Å². The number of hydrogen-bond donors (Lipinski definition) is 3. The van der Waals surface area contributed by atoms with Crippen molar-refractivity contribution in [3.05, 3.63) is 18.2 Å². The van der Waals surface area contributed by atoms with Crippen molar-refractivity contribution in [2.24, 2.45) is 5.41 Å². The van der Waals surface area contributed by atoms with Crippen LogP contribution in [0.1, 0.15) is 12.8 Å². The molecule has 2 rings (SSSR count). The van der Waals surface area contributed by atoms with E-state index in [0.717, 1.165) is 12.8 Å². The first-order valence-electron chi connectivity index (χ1n) is 6.96. The zero-order valence-electron chi connectivity index (χ0n) is 12.6. The quantitative estimate of drug-likeness (QED) is 0.666. The minimum absolute atomic E-state index is 0.0125. The zero-order chi connectivity index (χ0) is 16.2. The van der Waals surface area contributed by atoms with Gasteiger partial charge in [0.05, 0.1) is 26.5 Å². The highest BCUT2D eigenvalue weighted by molar-refractivity contribution is 6.39. The maximum absolute atomic E-state index is 11.9. The minimum Gasteiger partial charge on any atom is -0.497 e. The first-order chi connectivity index (χ1) is 10.5. The second-order valence-electron chi connectivity index (χ2n) is 5.36. The maximum Gasteiger partial charge on any atom is 0.313 e. The lowest BCUT2D eigenvalue weighted by molar-refractivity contribution is -0.136. The Labute approximate surface area is 128 Å². The smallest absolute Gasteiger partial charge is 0.313 e. The predicted octanol–water partition coefficient (Wildman–Crippen LogP) is 0.531. The lowest BCUT2D eigenvalue weighted by Gasteiger charge is -2.14. The van der Waals surface area contributed by atoms with Crippen molar-refractivity contribution in [1.82, 2.24) is 5.32 Å². The number of methoxy groups -OCH3 is 2. The van der Waals surface area contributed by atoms with Crippen LogP contribution < -0.4 is 20.1 Å².